The molecule has 5 nitrogen and oxygen atoms in total. The van der Waals surface area contributed by atoms with Crippen LogP contribution in [0.1, 0.15) is 33.1 Å². The first-order valence-electron chi connectivity index (χ1n) is 7.35. The quantitative estimate of drug-likeness (QED) is 0.616. The first-order valence-corrected chi connectivity index (χ1v) is 7.35. The minimum absolute atomic E-state index is 0.00282. The highest BCUT2D eigenvalue weighted by Gasteiger charge is 2.78. The SMILES string of the molecule is C=C1CC[C@H]2[C@]1(CC(=O)OC)[C@@H](O)[C@@]1(C)C(=O)OC[C@@]21C. The van der Waals surface area contributed by atoms with E-state index < -0.39 is 22.3 Å². The van der Waals surface area contributed by atoms with Crippen LogP contribution in [0.2, 0.25) is 0 Å². The van der Waals surface area contributed by atoms with E-state index in [9.17, 15) is 14.7 Å². The van der Waals surface area contributed by atoms with Crippen molar-refractivity contribution in [3.63, 3.8) is 0 Å². The molecular formula is C16H22O5. The number of carbonyl (C=O) groups excluding carboxylic acids is 2. The zero-order valence-electron chi connectivity index (χ0n) is 12.8. The van der Waals surface area contributed by atoms with Crippen molar-refractivity contribution in [1.82, 2.24) is 0 Å². The van der Waals surface area contributed by atoms with Gasteiger partial charge in [-0.05, 0) is 25.7 Å². The molecule has 3 aliphatic rings. The molecule has 0 bridgehead atoms. The van der Waals surface area contributed by atoms with E-state index in [0.29, 0.717) is 6.61 Å². The molecule has 3 fully saturated rings. The van der Waals surface area contributed by atoms with Crippen LogP contribution in [0, 0.1) is 22.2 Å². The maximum absolute atomic E-state index is 12.3. The molecule has 1 heterocycles. The van der Waals surface area contributed by atoms with E-state index in [4.69, 9.17) is 9.47 Å². The average Bonchev–Trinajstić information content (AvgIpc) is 2.95. The normalized spacial score (nSPS) is 48.0. The highest BCUT2D eigenvalue weighted by Crippen LogP contribution is 2.73. The Labute approximate surface area is 124 Å². The lowest BCUT2D eigenvalue weighted by Gasteiger charge is -2.36. The molecule has 1 saturated heterocycles. The number of hydrogen-bond acceptors (Lipinski definition) is 5. The summed E-state index contributed by atoms with van der Waals surface area (Å²) in [5, 5.41) is 11.1. The van der Waals surface area contributed by atoms with E-state index >= 15 is 0 Å². The Morgan fingerprint density at radius 3 is 2.81 bits per heavy atom. The second-order valence-electron chi connectivity index (χ2n) is 7.09. The Kier molecular flexibility index (Phi) is 2.84. The lowest BCUT2D eigenvalue weighted by Crippen LogP contribution is -2.46. The Bertz CT molecular complexity index is 541. The number of aliphatic hydroxyl groups excluding tert-OH is 1. The monoisotopic (exact) mass is 294 g/mol. The molecular weight excluding hydrogens is 272 g/mol. The summed E-state index contributed by atoms with van der Waals surface area (Å²) >= 11 is 0. The van der Waals surface area contributed by atoms with Crippen LogP contribution in [-0.2, 0) is 19.1 Å². The van der Waals surface area contributed by atoms with E-state index in [1.807, 2.05) is 6.92 Å². The molecule has 0 unspecified atom stereocenters. The standard InChI is InChI=1S/C16H22O5/c1-9-5-6-10-14(2)8-21-13(19)15(14,3)12(18)16(9,10)7-11(17)20-4/h10,12,18H,1,5-8H2,2-4H3/t10-,12+,14+,15+,16-/m1/s1. The molecule has 1 N–H and O–H groups in total. The predicted molar refractivity (Wildman–Crippen MR) is 74.1 cm³/mol. The lowest BCUT2D eigenvalue weighted by molar-refractivity contribution is -0.156. The summed E-state index contributed by atoms with van der Waals surface area (Å²) in [7, 11) is 1.34. The largest absolute Gasteiger partial charge is 0.469 e. The van der Waals surface area contributed by atoms with Crippen molar-refractivity contribution >= 4 is 11.9 Å². The average molecular weight is 294 g/mol. The van der Waals surface area contributed by atoms with Gasteiger partial charge in [-0.25, -0.2) is 0 Å². The molecule has 0 aromatic heterocycles. The van der Waals surface area contributed by atoms with Gasteiger partial charge in [0.05, 0.1) is 26.2 Å². The summed E-state index contributed by atoms with van der Waals surface area (Å²) in [5.74, 6) is -0.741. The molecule has 0 aromatic rings. The van der Waals surface area contributed by atoms with Crippen molar-refractivity contribution in [3.8, 4) is 0 Å². The van der Waals surface area contributed by atoms with Gasteiger partial charge in [0.2, 0.25) is 0 Å². The third kappa shape index (κ3) is 1.36. The molecule has 0 aromatic carbocycles. The number of hydrogen-bond donors (Lipinski definition) is 1. The van der Waals surface area contributed by atoms with Gasteiger partial charge >= 0.3 is 11.9 Å². The van der Waals surface area contributed by atoms with Gasteiger partial charge in [-0.15, -0.1) is 0 Å². The maximum Gasteiger partial charge on any atom is 0.315 e. The molecule has 5 atom stereocenters. The van der Waals surface area contributed by atoms with Crippen LogP contribution in [0.25, 0.3) is 0 Å². The first kappa shape index (κ1) is 14.6. The number of aliphatic hydroxyl groups is 1. The highest BCUT2D eigenvalue weighted by molar-refractivity contribution is 5.83. The molecule has 2 saturated carbocycles. The van der Waals surface area contributed by atoms with Crippen LogP contribution < -0.4 is 0 Å². The van der Waals surface area contributed by atoms with E-state index in [2.05, 4.69) is 6.58 Å². The van der Waals surface area contributed by atoms with E-state index in [1.54, 1.807) is 6.92 Å². The van der Waals surface area contributed by atoms with E-state index in [1.165, 1.54) is 7.11 Å². The fourth-order valence-electron chi connectivity index (χ4n) is 5.13. The number of esters is 2. The van der Waals surface area contributed by atoms with E-state index in [0.717, 1.165) is 18.4 Å². The van der Waals surface area contributed by atoms with Crippen LogP contribution in [0.15, 0.2) is 12.2 Å². The number of ether oxygens (including phenoxy) is 2. The third-order valence-electron chi connectivity index (χ3n) is 6.60. The Hall–Kier alpha value is -1.36. The molecule has 0 amide bonds. The van der Waals surface area contributed by atoms with Crippen molar-refractivity contribution in [2.24, 2.45) is 22.2 Å². The Morgan fingerprint density at radius 2 is 2.19 bits per heavy atom. The molecule has 116 valence electrons. The minimum Gasteiger partial charge on any atom is -0.469 e. The number of cyclic esters (lactones) is 1. The van der Waals surface area contributed by atoms with Gasteiger partial charge in [0.15, 0.2) is 0 Å². The van der Waals surface area contributed by atoms with Gasteiger partial charge in [0, 0.05) is 10.8 Å². The summed E-state index contributed by atoms with van der Waals surface area (Å²) < 4.78 is 10.1. The molecule has 0 spiro atoms. The zero-order chi connectivity index (χ0) is 15.6. The van der Waals surface area contributed by atoms with Gasteiger partial charge in [-0.2, -0.15) is 0 Å². The van der Waals surface area contributed by atoms with Gasteiger partial charge < -0.3 is 14.6 Å². The van der Waals surface area contributed by atoms with Gasteiger partial charge in [-0.3, -0.25) is 9.59 Å². The van der Waals surface area contributed by atoms with Gasteiger partial charge in [-0.1, -0.05) is 19.1 Å². The molecule has 0 radical (unpaired) electrons. The second kappa shape index (κ2) is 4.09. The molecule has 2 aliphatic carbocycles. The number of methoxy groups -OCH3 is 1. The first-order chi connectivity index (χ1) is 9.75. The van der Waals surface area contributed by atoms with Crippen molar-refractivity contribution in [2.45, 2.75) is 39.2 Å². The lowest BCUT2D eigenvalue weighted by atomic mass is 9.65. The van der Waals surface area contributed by atoms with E-state index in [-0.39, 0.29) is 24.3 Å². The Morgan fingerprint density at radius 1 is 1.52 bits per heavy atom. The number of rotatable bonds is 2. The molecule has 21 heavy (non-hydrogen) atoms. The third-order valence-corrected chi connectivity index (χ3v) is 6.60. The number of carbonyl (C=O) groups is 2. The van der Waals surface area contributed by atoms with Crippen LogP contribution in [-0.4, -0.2) is 36.9 Å². The zero-order valence-corrected chi connectivity index (χ0v) is 12.8. The van der Waals surface area contributed by atoms with Crippen LogP contribution >= 0.6 is 0 Å². The predicted octanol–water partition coefficient (Wildman–Crippen LogP) is 1.45. The smallest absolute Gasteiger partial charge is 0.315 e. The maximum atomic E-state index is 12.3. The van der Waals surface area contributed by atoms with Crippen LogP contribution in [0.5, 0.6) is 0 Å². The summed E-state index contributed by atoms with van der Waals surface area (Å²) in [6.07, 6.45) is 0.685. The highest BCUT2D eigenvalue weighted by atomic mass is 16.5. The van der Waals surface area contributed by atoms with Crippen molar-refractivity contribution in [2.75, 3.05) is 13.7 Å². The van der Waals surface area contributed by atoms with Crippen LogP contribution in [0.4, 0.5) is 0 Å². The molecule has 3 rings (SSSR count). The minimum atomic E-state index is -0.991. The molecule has 1 aliphatic heterocycles. The summed E-state index contributed by atoms with van der Waals surface area (Å²) in [6.45, 7) is 8.14. The van der Waals surface area contributed by atoms with Crippen molar-refractivity contribution in [3.05, 3.63) is 12.2 Å². The fraction of sp³-hybridized carbons (Fsp3) is 0.750. The van der Waals surface area contributed by atoms with Gasteiger partial charge in [0.1, 0.15) is 5.41 Å². The van der Waals surface area contributed by atoms with Gasteiger partial charge in [0.25, 0.3) is 0 Å². The number of fused-ring (bicyclic) bond motifs is 3. The second-order valence-corrected chi connectivity index (χ2v) is 7.09. The fourth-order valence-corrected chi connectivity index (χ4v) is 5.13. The summed E-state index contributed by atoms with van der Waals surface area (Å²) in [5.41, 5.74) is -1.38. The summed E-state index contributed by atoms with van der Waals surface area (Å²) in [6, 6.07) is 0. The topological polar surface area (TPSA) is 72.8 Å². The van der Waals surface area contributed by atoms with Crippen LogP contribution in [0.3, 0.4) is 0 Å². The Balaban J connectivity index is 2.15. The van der Waals surface area contributed by atoms with Crippen molar-refractivity contribution < 1.29 is 24.2 Å². The molecule has 5 heteroatoms. The summed E-state index contributed by atoms with van der Waals surface area (Å²) in [4.78, 5) is 24.2. The van der Waals surface area contributed by atoms with Crippen molar-refractivity contribution in [1.29, 1.82) is 0 Å².